The van der Waals surface area contributed by atoms with E-state index in [1.54, 1.807) is 10.6 Å². The molecule has 0 unspecified atom stereocenters. The lowest BCUT2D eigenvalue weighted by molar-refractivity contribution is 0.586. The number of aromatic nitrogens is 4. The van der Waals surface area contributed by atoms with Crippen molar-refractivity contribution in [1.82, 2.24) is 24.9 Å². The van der Waals surface area contributed by atoms with Crippen LogP contribution in [0.3, 0.4) is 0 Å². The Morgan fingerprint density at radius 3 is 2.64 bits per heavy atom. The first-order valence-corrected chi connectivity index (χ1v) is 9.48. The standard InChI is InChI=1S/C21H21FN6/c1-13-9-19(26-28-12-14(2)24-21(13)28)18-4-3-15-10-16(11-17(22)20(15)25-18)27-7-5-23-6-8-27/h3-4,9-12,23H,5-8H2,1-2H3. The molecule has 28 heavy (non-hydrogen) atoms. The highest BCUT2D eigenvalue weighted by atomic mass is 19.1. The fraction of sp³-hybridized carbons (Fsp3) is 0.286. The molecule has 1 aliphatic heterocycles. The number of rotatable bonds is 2. The van der Waals surface area contributed by atoms with E-state index in [0.29, 0.717) is 16.9 Å². The minimum Gasteiger partial charge on any atom is -0.369 e. The minimum atomic E-state index is -0.302. The molecule has 1 N–H and O–H groups in total. The quantitative estimate of drug-likeness (QED) is 0.583. The van der Waals surface area contributed by atoms with Crippen molar-refractivity contribution in [2.24, 2.45) is 0 Å². The topological polar surface area (TPSA) is 58.4 Å². The number of anilines is 1. The van der Waals surface area contributed by atoms with E-state index < -0.39 is 0 Å². The van der Waals surface area contributed by atoms with Crippen molar-refractivity contribution in [1.29, 1.82) is 0 Å². The van der Waals surface area contributed by atoms with Gasteiger partial charge in [0.25, 0.3) is 0 Å². The highest BCUT2D eigenvalue weighted by Crippen LogP contribution is 2.27. The fourth-order valence-electron chi connectivity index (χ4n) is 3.80. The molecule has 0 aliphatic carbocycles. The Kier molecular flexibility index (Phi) is 3.98. The summed E-state index contributed by atoms with van der Waals surface area (Å²) in [5, 5.41) is 8.73. The molecule has 4 aromatic rings. The van der Waals surface area contributed by atoms with E-state index in [9.17, 15) is 4.39 Å². The predicted molar refractivity (Wildman–Crippen MR) is 108 cm³/mol. The van der Waals surface area contributed by atoms with Crippen LogP contribution < -0.4 is 10.2 Å². The Balaban J connectivity index is 1.59. The van der Waals surface area contributed by atoms with Gasteiger partial charge in [0, 0.05) is 37.3 Å². The van der Waals surface area contributed by atoms with Gasteiger partial charge in [-0.3, -0.25) is 0 Å². The van der Waals surface area contributed by atoms with E-state index in [1.165, 1.54) is 0 Å². The Labute approximate surface area is 162 Å². The van der Waals surface area contributed by atoms with Crippen LogP contribution in [-0.2, 0) is 0 Å². The zero-order chi connectivity index (χ0) is 19.3. The molecule has 0 saturated carbocycles. The number of pyridine rings is 1. The maximum absolute atomic E-state index is 14.9. The molecular weight excluding hydrogens is 355 g/mol. The molecule has 0 amide bonds. The van der Waals surface area contributed by atoms with Crippen molar-refractivity contribution in [3.8, 4) is 11.4 Å². The van der Waals surface area contributed by atoms with Crippen LogP contribution >= 0.6 is 0 Å². The fourth-order valence-corrected chi connectivity index (χ4v) is 3.80. The summed E-state index contributed by atoms with van der Waals surface area (Å²) in [5.74, 6) is -0.302. The highest BCUT2D eigenvalue weighted by Gasteiger charge is 2.15. The number of hydrogen-bond donors (Lipinski definition) is 1. The summed E-state index contributed by atoms with van der Waals surface area (Å²) in [5.41, 5.74) is 5.38. The van der Waals surface area contributed by atoms with E-state index in [-0.39, 0.29) is 5.82 Å². The molecule has 0 spiro atoms. The molecule has 142 valence electrons. The molecule has 3 aromatic heterocycles. The third kappa shape index (κ3) is 2.88. The van der Waals surface area contributed by atoms with E-state index in [2.05, 4.69) is 25.3 Å². The summed E-state index contributed by atoms with van der Waals surface area (Å²) in [4.78, 5) is 11.3. The lowest BCUT2D eigenvalue weighted by Crippen LogP contribution is -2.43. The zero-order valence-electron chi connectivity index (χ0n) is 15.9. The smallest absolute Gasteiger partial charge is 0.156 e. The third-order valence-electron chi connectivity index (χ3n) is 5.21. The van der Waals surface area contributed by atoms with Gasteiger partial charge in [0.15, 0.2) is 11.5 Å². The van der Waals surface area contributed by atoms with Gasteiger partial charge in [-0.2, -0.15) is 5.10 Å². The monoisotopic (exact) mass is 376 g/mol. The molecule has 0 atom stereocenters. The Morgan fingerprint density at radius 2 is 1.82 bits per heavy atom. The van der Waals surface area contributed by atoms with Crippen molar-refractivity contribution in [3.05, 3.63) is 53.6 Å². The molecular formula is C21H21FN6. The summed E-state index contributed by atoms with van der Waals surface area (Å²) in [6.07, 6.45) is 1.88. The van der Waals surface area contributed by atoms with Crippen LogP contribution in [-0.4, -0.2) is 45.8 Å². The molecule has 6 nitrogen and oxygen atoms in total. The molecule has 4 heterocycles. The Hall–Kier alpha value is -3.06. The second-order valence-corrected chi connectivity index (χ2v) is 7.30. The van der Waals surface area contributed by atoms with Crippen molar-refractivity contribution < 1.29 is 4.39 Å². The van der Waals surface area contributed by atoms with Crippen LogP contribution in [0.1, 0.15) is 11.3 Å². The van der Waals surface area contributed by atoms with Crippen LogP contribution in [0.15, 0.2) is 36.5 Å². The first-order valence-electron chi connectivity index (χ1n) is 9.48. The number of halogens is 1. The molecule has 1 aliphatic rings. The van der Waals surface area contributed by atoms with Gasteiger partial charge in [-0.05, 0) is 43.7 Å². The van der Waals surface area contributed by atoms with Gasteiger partial charge in [-0.15, -0.1) is 0 Å². The lowest BCUT2D eigenvalue weighted by Gasteiger charge is -2.29. The zero-order valence-corrected chi connectivity index (χ0v) is 15.9. The van der Waals surface area contributed by atoms with E-state index >= 15 is 0 Å². The van der Waals surface area contributed by atoms with Crippen LogP contribution in [0.25, 0.3) is 27.9 Å². The normalized spacial score (nSPS) is 14.9. The second-order valence-electron chi connectivity index (χ2n) is 7.30. The average molecular weight is 376 g/mol. The average Bonchev–Trinajstić information content (AvgIpc) is 3.09. The number of piperazine rings is 1. The van der Waals surface area contributed by atoms with Gasteiger partial charge < -0.3 is 10.2 Å². The highest BCUT2D eigenvalue weighted by molar-refractivity contribution is 5.85. The maximum Gasteiger partial charge on any atom is 0.156 e. The van der Waals surface area contributed by atoms with Crippen molar-refractivity contribution in [2.75, 3.05) is 31.1 Å². The summed E-state index contributed by atoms with van der Waals surface area (Å²) in [7, 11) is 0. The minimum absolute atomic E-state index is 0.302. The van der Waals surface area contributed by atoms with E-state index in [0.717, 1.165) is 54.2 Å². The molecule has 1 aromatic carbocycles. The maximum atomic E-state index is 14.9. The number of imidazole rings is 1. The largest absolute Gasteiger partial charge is 0.369 e. The molecule has 7 heteroatoms. The molecule has 0 radical (unpaired) electrons. The second kappa shape index (κ2) is 6.53. The number of nitrogens with one attached hydrogen (secondary N) is 1. The first kappa shape index (κ1) is 17.1. The number of hydrogen-bond acceptors (Lipinski definition) is 5. The van der Waals surface area contributed by atoms with Gasteiger partial charge in [0.05, 0.1) is 17.6 Å². The third-order valence-corrected chi connectivity index (χ3v) is 5.21. The summed E-state index contributed by atoms with van der Waals surface area (Å²) < 4.78 is 16.7. The van der Waals surface area contributed by atoms with Crippen molar-refractivity contribution in [3.63, 3.8) is 0 Å². The van der Waals surface area contributed by atoms with Crippen molar-refractivity contribution >= 4 is 22.2 Å². The van der Waals surface area contributed by atoms with E-state index in [1.807, 2.05) is 44.3 Å². The van der Waals surface area contributed by atoms with Gasteiger partial charge in [0.2, 0.25) is 0 Å². The van der Waals surface area contributed by atoms with E-state index in [4.69, 9.17) is 0 Å². The van der Waals surface area contributed by atoms with Crippen LogP contribution in [0.5, 0.6) is 0 Å². The number of fused-ring (bicyclic) bond motifs is 2. The van der Waals surface area contributed by atoms with Crippen LogP contribution in [0, 0.1) is 19.7 Å². The number of benzene rings is 1. The summed E-state index contributed by atoms with van der Waals surface area (Å²) in [6, 6.07) is 9.38. The predicted octanol–water partition coefficient (Wildman–Crippen LogP) is 3.11. The SMILES string of the molecule is Cc1cn2nc(-c3ccc4cc(N5CCNCC5)cc(F)c4n3)cc(C)c2n1. The summed E-state index contributed by atoms with van der Waals surface area (Å²) in [6.45, 7) is 7.52. The van der Waals surface area contributed by atoms with Crippen molar-refractivity contribution in [2.45, 2.75) is 13.8 Å². The molecule has 1 saturated heterocycles. The van der Waals surface area contributed by atoms with Gasteiger partial charge in [0.1, 0.15) is 11.2 Å². The number of aryl methyl sites for hydroxylation is 2. The van der Waals surface area contributed by atoms with Gasteiger partial charge >= 0.3 is 0 Å². The Bertz CT molecular complexity index is 1190. The Morgan fingerprint density at radius 1 is 1.00 bits per heavy atom. The van der Waals surface area contributed by atoms with Crippen LogP contribution in [0.4, 0.5) is 10.1 Å². The van der Waals surface area contributed by atoms with Crippen LogP contribution in [0.2, 0.25) is 0 Å². The van der Waals surface area contributed by atoms with Gasteiger partial charge in [-0.25, -0.2) is 18.9 Å². The molecule has 0 bridgehead atoms. The lowest BCUT2D eigenvalue weighted by atomic mass is 10.1. The van der Waals surface area contributed by atoms with Gasteiger partial charge in [-0.1, -0.05) is 6.07 Å². The molecule has 1 fully saturated rings. The number of nitrogens with zero attached hydrogens (tertiary/aromatic N) is 5. The summed E-state index contributed by atoms with van der Waals surface area (Å²) >= 11 is 0. The first-order chi connectivity index (χ1) is 13.6. The molecule has 5 rings (SSSR count).